The lowest BCUT2D eigenvalue weighted by Gasteiger charge is -2.32. The molecule has 1 aliphatic rings. The number of aromatic nitrogens is 1. The minimum Gasteiger partial charge on any atom is -0.569 e. The number of pyridine rings is 1. The topological polar surface area (TPSA) is 71.4 Å². The van der Waals surface area contributed by atoms with Crippen LogP contribution in [-0.4, -0.2) is 46.2 Å². The van der Waals surface area contributed by atoms with E-state index in [1.165, 1.54) is 0 Å². The maximum atomic E-state index is 12.1. The highest BCUT2D eigenvalue weighted by Gasteiger charge is 2.28. The van der Waals surface area contributed by atoms with Gasteiger partial charge in [-0.2, -0.15) is 0 Å². The second-order valence-corrected chi connectivity index (χ2v) is 7.00. The van der Waals surface area contributed by atoms with Crippen molar-refractivity contribution in [2.75, 3.05) is 24.5 Å². The molecule has 1 saturated heterocycles. The van der Waals surface area contributed by atoms with Gasteiger partial charge in [0.2, 0.25) is 11.0 Å². The van der Waals surface area contributed by atoms with Crippen molar-refractivity contribution in [3.63, 3.8) is 0 Å². The third-order valence-electron chi connectivity index (χ3n) is 4.17. The lowest BCUT2D eigenvalue weighted by Crippen LogP contribution is -2.45. The summed E-state index contributed by atoms with van der Waals surface area (Å²) in [7, 11) is 0. The number of rotatable bonds is 5. The molecule has 8 heteroatoms. The average molecular weight is 346 g/mol. The fourth-order valence-electron chi connectivity index (χ4n) is 2.82. The predicted molar refractivity (Wildman–Crippen MR) is 95.0 cm³/mol. The van der Waals surface area contributed by atoms with Crippen LogP contribution in [0.25, 0.3) is 4.85 Å². The Morgan fingerprint density at radius 1 is 1.44 bits per heavy atom. The van der Waals surface area contributed by atoms with Crippen LogP contribution < -0.4 is 4.90 Å². The Hall–Kier alpha value is -2.56. The first kappa shape index (κ1) is 18.8. The van der Waals surface area contributed by atoms with Gasteiger partial charge in [-0.25, -0.2) is 4.85 Å². The largest absolute Gasteiger partial charge is 0.569 e. The van der Waals surface area contributed by atoms with E-state index in [0.717, 1.165) is 31.7 Å². The Morgan fingerprint density at radius 2 is 2.12 bits per heavy atom. The normalized spacial score (nSPS) is 16.4. The van der Waals surface area contributed by atoms with Crippen molar-refractivity contribution in [3.8, 4) is 0 Å². The van der Waals surface area contributed by atoms with Gasteiger partial charge in [0.1, 0.15) is 11.9 Å². The van der Waals surface area contributed by atoms with E-state index in [0.29, 0.717) is 17.2 Å². The summed E-state index contributed by atoms with van der Waals surface area (Å²) in [5, 5.41) is 17.5. The Bertz CT molecular complexity index is 624. The number of hydrogen-bond acceptors (Lipinski definition) is 5. The molecule has 2 heterocycles. The minimum atomic E-state index is -0.310. The zero-order valence-electron chi connectivity index (χ0n) is 15.3. The molecular formula is C17H26N6O2. The maximum Gasteiger partial charge on any atom is 0.233 e. The molecule has 1 aliphatic heterocycles. The van der Waals surface area contributed by atoms with Gasteiger partial charge >= 0.3 is 0 Å². The molecule has 0 aromatic carbocycles. The number of hydrazine groups is 1. The van der Waals surface area contributed by atoms with Crippen LogP contribution in [0, 0.1) is 11.8 Å². The van der Waals surface area contributed by atoms with Crippen molar-refractivity contribution in [3.05, 3.63) is 35.0 Å². The van der Waals surface area contributed by atoms with E-state index in [1.54, 1.807) is 17.3 Å². The Labute approximate surface area is 149 Å². The van der Waals surface area contributed by atoms with Crippen molar-refractivity contribution < 1.29 is 9.81 Å². The molecule has 1 aromatic rings. The molecular weight excluding hydrogens is 320 g/mol. The summed E-state index contributed by atoms with van der Waals surface area (Å²) in [6.45, 7) is 16.9. The third-order valence-corrected chi connectivity index (χ3v) is 4.17. The number of piperidine rings is 1. The Morgan fingerprint density at radius 3 is 2.60 bits per heavy atom. The first-order chi connectivity index (χ1) is 11.8. The van der Waals surface area contributed by atoms with E-state index in [1.807, 2.05) is 33.8 Å². The lowest BCUT2D eigenvalue weighted by atomic mass is 10.1. The smallest absolute Gasteiger partial charge is 0.233 e. The number of anilines is 1. The molecule has 0 bridgehead atoms. The predicted octanol–water partition coefficient (Wildman–Crippen LogP) is 3.53. The zero-order valence-corrected chi connectivity index (χ0v) is 15.3. The minimum absolute atomic E-state index is 0.0751. The van der Waals surface area contributed by atoms with Crippen LogP contribution in [0.1, 0.15) is 40.5 Å². The van der Waals surface area contributed by atoms with E-state index < -0.39 is 0 Å². The molecule has 1 aromatic heterocycles. The Kier molecular flexibility index (Phi) is 6.02. The second-order valence-electron chi connectivity index (χ2n) is 7.00. The van der Waals surface area contributed by atoms with Crippen LogP contribution in [0.5, 0.6) is 0 Å². The van der Waals surface area contributed by atoms with Gasteiger partial charge in [0.15, 0.2) is 0 Å². The molecule has 25 heavy (non-hydrogen) atoms. The van der Waals surface area contributed by atoms with Crippen molar-refractivity contribution in [2.45, 2.75) is 52.2 Å². The standard InChI is InChI=1S/C17H26N6O2/c1-6-22(17(2,3)4)23(24)20-25-15-9-11-21(12-10-15)16-8-7-14(18-5)13-19-16/h7-8,13,15H,6,9-12H2,1-4H3/b23-20-. The summed E-state index contributed by atoms with van der Waals surface area (Å²) >= 11 is 0. The summed E-state index contributed by atoms with van der Waals surface area (Å²) in [5.74, 6) is 0.859. The molecule has 1 fully saturated rings. The molecule has 0 N–H and O–H groups in total. The van der Waals surface area contributed by atoms with Crippen molar-refractivity contribution in [2.24, 2.45) is 5.28 Å². The van der Waals surface area contributed by atoms with Gasteiger partial charge in [0, 0.05) is 32.1 Å². The quantitative estimate of drug-likeness (QED) is 0.353. The highest BCUT2D eigenvalue weighted by molar-refractivity contribution is 5.49. The molecule has 0 unspecified atom stereocenters. The van der Waals surface area contributed by atoms with Crippen LogP contribution in [-0.2, 0) is 4.84 Å². The van der Waals surface area contributed by atoms with E-state index in [9.17, 15) is 5.21 Å². The fraction of sp³-hybridized carbons (Fsp3) is 0.647. The molecule has 0 aliphatic carbocycles. The lowest BCUT2D eigenvalue weighted by molar-refractivity contribution is -0.725. The monoisotopic (exact) mass is 346 g/mol. The van der Waals surface area contributed by atoms with Crippen LogP contribution >= 0.6 is 0 Å². The first-order valence-electron chi connectivity index (χ1n) is 8.55. The number of hydrogen-bond donors (Lipinski definition) is 0. The van der Waals surface area contributed by atoms with E-state index >= 15 is 0 Å². The van der Waals surface area contributed by atoms with Gasteiger partial charge < -0.3 is 14.9 Å². The molecule has 0 saturated carbocycles. The van der Waals surface area contributed by atoms with E-state index in [4.69, 9.17) is 11.4 Å². The summed E-state index contributed by atoms with van der Waals surface area (Å²) in [4.78, 5) is 15.8. The summed E-state index contributed by atoms with van der Waals surface area (Å²) in [6, 6.07) is 3.63. The molecule has 0 radical (unpaired) electrons. The Balaban J connectivity index is 1.87. The molecule has 0 spiro atoms. The second kappa shape index (κ2) is 8.01. The molecule has 0 amide bonds. The fourth-order valence-corrected chi connectivity index (χ4v) is 2.82. The van der Waals surface area contributed by atoms with Crippen LogP contribution in [0.2, 0.25) is 0 Å². The van der Waals surface area contributed by atoms with Gasteiger partial charge in [-0.15, -0.1) is 5.01 Å². The highest BCUT2D eigenvalue weighted by Crippen LogP contribution is 2.22. The summed E-state index contributed by atoms with van der Waals surface area (Å²) < 4.78 is 0. The van der Waals surface area contributed by atoms with Crippen LogP contribution in [0.4, 0.5) is 11.5 Å². The van der Waals surface area contributed by atoms with Crippen LogP contribution in [0.3, 0.4) is 0 Å². The van der Waals surface area contributed by atoms with E-state index in [-0.39, 0.29) is 11.6 Å². The van der Waals surface area contributed by atoms with Crippen molar-refractivity contribution in [1.29, 1.82) is 0 Å². The summed E-state index contributed by atoms with van der Waals surface area (Å²) in [5.41, 5.74) is 0.228. The van der Waals surface area contributed by atoms with Crippen molar-refractivity contribution >= 4 is 11.5 Å². The van der Waals surface area contributed by atoms with Gasteiger partial charge in [-0.1, -0.05) is 6.07 Å². The summed E-state index contributed by atoms with van der Waals surface area (Å²) in [6.07, 6.45) is 3.05. The molecule has 2 rings (SSSR count). The molecule has 136 valence electrons. The average Bonchev–Trinajstić information content (AvgIpc) is 2.60. The van der Waals surface area contributed by atoms with Crippen LogP contribution in [0.15, 0.2) is 23.6 Å². The molecule has 8 nitrogen and oxygen atoms in total. The zero-order chi connectivity index (χ0) is 18.4. The van der Waals surface area contributed by atoms with Crippen molar-refractivity contribution in [1.82, 2.24) is 9.99 Å². The SMILES string of the molecule is [C-]#[N+]c1ccc(N2CCC(O/N=[N+](\[O-])N(CC)C(C)(C)C)CC2)nc1. The molecule has 0 atom stereocenters. The van der Waals surface area contributed by atoms with Gasteiger partial charge in [0.25, 0.3) is 0 Å². The van der Waals surface area contributed by atoms with E-state index in [2.05, 4.69) is 20.0 Å². The van der Waals surface area contributed by atoms with Gasteiger partial charge in [-0.05, 0) is 33.8 Å². The third kappa shape index (κ3) is 4.95. The highest BCUT2D eigenvalue weighted by atomic mass is 16.7. The first-order valence-corrected chi connectivity index (χ1v) is 8.55. The van der Waals surface area contributed by atoms with Gasteiger partial charge in [-0.3, -0.25) is 4.98 Å². The van der Waals surface area contributed by atoms with Gasteiger partial charge in [0.05, 0.1) is 23.6 Å². The number of nitrogens with zero attached hydrogens (tertiary/aromatic N) is 6. The maximum absolute atomic E-state index is 12.1.